The summed E-state index contributed by atoms with van der Waals surface area (Å²) < 4.78 is 0. The molecule has 1 aromatic heterocycles. The summed E-state index contributed by atoms with van der Waals surface area (Å²) in [6.45, 7) is 6.34. The van der Waals surface area contributed by atoms with E-state index in [-0.39, 0.29) is 0 Å². The van der Waals surface area contributed by atoms with Gasteiger partial charge in [0.25, 0.3) is 0 Å². The van der Waals surface area contributed by atoms with Crippen LogP contribution in [0.15, 0.2) is 30.3 Å². The number of benzene rings is 1. The molecule has 0 spiro atoms. The summed E-state index contributed by atoms with van der Waals surface area (Å²) in [4.78, 5) is 9.01. The molecule has 0 unspecified atom stereocenters. The van der Waals surface area contributed by atoms with Crippen LogP contribution in [0.2, 0.25) is 0 Å². The second-order valence-electron chi connectivity index (χ2n) is 5.08. The lowest BCUT2D eigenvalue weighted by Crippen LogP contribution is -2.05. The van der Waals surface area contributed by atoms with Crippen LogP contribution in [0.4, 0.5) is 17.3 Å². The first kappa shape index (κ1) is 14.3. The summed E-state index contributed by atoms with van der Waals surface area (Å²) in [5, 5.41) is 6.41. The standard InChI is InChI=1S/C16H22N4/c1-5-12-6-8-13(9-7-12)18-15-10-14(17-4)19-16(20-15)11(2)3/h6-11H,5H2,1-4H3,(H2,17,18,19,20). The van der Waals surface area contributed by atoms with Gasteiger partial charge in [0.05, 0.1) is 0 Å². The van der Waals surface area contributed by atoms with Crippen molar-refractivity contribution >= 4 is 17.3 Å². The normalized spacial score (nSPS) is 10.7. The molecule has 4 heteroatoms. The van der Waals surface area contributed by atoms with Crippen LogP contribution in [-0.4, -0.2) is 17.0 Å². The van der Waals surface area contributed by atoms with Gasteiger partial charge in [-0.05, 0) is 24.1 Å². The van der Waals surface area contributed by atoms with E-state index in [1.165, 1.54) is 5.56 Å². The average Bonchev–Trinajstić information content (AvgIpc) is 2.47. The number of nitrogens with zero attached hydrogens (tertiary/aromatic N) is 2. The summed E-state index contributed by atoms with van der Waals surface area (Å²) in [5.41, 5.74) is 2.37. The number of nitrogens with one attached hydrogen (secondary N) is 2. The van der Waals surface area contributed by atoms with Gasteiger partial charge in [-0.1, -0.05) is 32.9 Å². The molecule has 0 atom stereocenters. The average molecular weight is 270 g/mol. The predicted octanol–water partition coefficient (Wildman–Crippen LogP) is 3.95. The van der Waals surface area contributed by atoms with E-state index in [0.29, 0.717) is 5.92 Å². The first-order valence-corrected chi connectivity index (χ1v) is 7.05. The molecule has 0 amide bonds. The summed E-state index contributed by atoms with van der Waals surface area (Å²) in [6, 6.07) is 10.3. The largest absolute Gasteiger partial charge is 0.373 e. The number of aromatic nitrogens is 2. The molecule has 20 heavy (non-hydrogen) atoms. The van der Waals surface area contributed by atoms with Gasteiger partial charge in [-0.2, -0.15) is 0 Å². The number of anilines is 3. The molecule has 2 aromatic rings. The second-order valence-corrected chi connectivity index (χ2v) is 5.08. The van der Waals surface area contributed by atoms with Gasteiger partial charge < -0.3 is 10.6 Å². The Kier molecular flexibility index (Phi) is 4.56. The Balaban J connectivity index is 2.24. The van der Waals surface area contributed by atoms with E-state index in [1.807, 2.05) is 13.1 Å². The maximum Gasteiger partial charge on any atom is 0.136 e. The van der Waals surface area contributed by atoms with Crippen LogP contribution in [0, 0.1) is 0 Å². The van der Waals surface area contributed by atoms with Crippen LogP contribution in [0.25, 0.3) is 0 Å². The molecule has 0 fully saturated rings. The van der Waals surface area contributed by atoms with Gasteiger partial charge >= 0.3 is 0 Å². The van der Waals surface area contributed by atoms with E-state index in [4.69, 9.17) is 0 Å². The fourth-order valence-corrected chi connectivity index (χ4v) is 1.89. The molecule has 2 rings (SSSR count). The Bertz CT molecular complexity index is 561. The minimum atomic E-state index is 0.298. The summed E-state index contributed by atoms with van der Waals surface area (Å²) in [6.07, 6.45) is 1.05. The van der Waals surface area contributed by atoms with E-state index in [9.17, 15) is 0 Å². The van der Waals surface area contributed by atoms with Crippen molar-refractivity contribution in [3.05, 3.63) is 41.7 Å². The van der Waals surface area contributed by atoms with Crippen molar-refractivity contribution in [2.75, 3.05) is 17.7 Å². The fourth-order valence-electron chi connectivity index (χ4n) is 1.89. The minimum Gasteiger partial charge on any atom is -0.373 e. The Morgan fingerprint density at radius 3 is 2.25 bits per heavy atom. The van der Waals surface area contributed by atoms with Crippen LogP contribution < -0.4 is 10.6 Å². The number of hydrogen-bond acceptors (Lipinski definition) is 4. The molecule has 0 radical (unpaired) electrons. The molecule has 1 heterocycles. The highest BCUT2D eigenvalue weighted by molar-refractivity contribution is 5.59. The van der Waals surface area contributed by atoms with E-state index in [2.05, 4.69) is 65.6 Å². The van der Waals surface area contributed by atoms with Crippen LogP contribution in [-0.2, 0) is 6.42 Å². The van der Waals surface area contributed by atoms with Crippen molar-refractivity contribution in [3.8, 4) is 0 Å². The van der Waals surface area contributed by atoms with E-state index in [0.717, 1.165) is 29.6 Å². The smallest absolute Gasteiger partial charge is 0.136 e. The van der Waals surface area contributed by atoms with Crippen molar-refractivity contribution in [2.24, 2.45) is 0 Å². The summed E-state index contributed by atoms with van der Waals surface area (Å²) >= 11 is 0. The van der Waals surface area contributed by atoms with E-state index < -0.39 is 0 Å². The Morgan fingerprint density at radius 1 is 1.05 bits per heavy atom. The Morgan fingerprint density at radius 2 is 1.70 bits per heavy atom. The molecule has 0 aliphatic rings. The van der Waals surface area contributed by atoms with Gasteiger partial charge in [-0.15, -0.1) is 0 Å². The zero-order valence-corrected chi connectivity index (χ0v) is 12.6. The van der Waals surface area contributed by atoms with Crippen LogP contribution >= 0.6 is 0 Å². The highest BCUT2D eigenvalue weighted by Gasteiger charge is 2.07. The second kappa shape index (κ2) is 6.37. The molecule has 0 saturated carbocycles. The van der Waals surface area contributed by atoms with Crippen molar-refractivity contribution in [1.29, 1.82) is 0 Å². The van der Waals surface area contributed by atoms with E-state index in [1.54, 1.807) is 0 Å². The lowest BCUT2D eigenvalue weighted by atomic mass is 10.1. The highest BCUT2D eigenvalue weighted by Crippen LogP contribution is 2.20. The molecule has 0 aliphatic heterocycles. The van der Waals surface area contributed by atoms with Gasteiger partial charge in [0.2, 0.25) is 0 Å². The fraction of sp³-hybridized carbons (Fsp3) is 0.375. The number of aryl methyl sites for hydroxylation is 1. The van der Waals surface area contributed by atoms with Gasteiger partial charge in [0.1, 0.15) is 17.5 Å². The van der Waals surface area contributed by atoms with Gasteiger partial charge in [0, 0.05) is 24.7 Å². The lowest BCUT2D eigenvalue weighted by molar-refractivity contribution is 0.778. The Labute approximate surface area is 120 Å². The van der Waals surface area contributed by atoms with Crippen LogP contribution in [0.3, 0.4) is 0 Å². The molecule has 106 valence electrons. The molecule has 0 bridgehead atoms. The number of hydrogen-bond donors (Lipinski definition) is 2. The molecular weight excluding hydrogens is 248 g/mol. The third-order valence-corrected chi connectivity index (χ3v) is 3.15. The van der Waals surface area contributed by atoms with Gasteiger partial charge in [-0.3, -0.25) is 0 Å². The zero-order chi connectivity index (χ0) is 14.5. The van der Waals surface area contributed by atoms with Crippen molar-refractivity contribution in [3.63, 3.8) is 0 Å². The molecule has 1 aromatic carbocycles. The Hall–Kier alpha value is -2.10. The number of rotatable bonds is 5. The summed E-state index contributed by atoms with van der Waals surface area (Å²) in [5.74, 6) is 2.78. The van der Waals surface area contributed by atoms with Crippen molar-refractivity contribution in [1.82, 2.24) is 9.97 Å². The lowest BCUT2D eigenvalue weighted by Gasteiger charge is -2.11. The van der Waals surface area contributed by atoms with Crippen LogP contribution in [0.1, 0.15) is 38.1 Å². The first-order valence-electron chi connectivity index (χ1n) is 7.05. The van der Waals surface area contributed by atoms with Crippen molar-refractivity contribution < 1.29 is 0 Å². The quantitative estimate of drug-likeness (QED) is 0.863. The topological polar surface area (TPSA) is 49.8 Å². The van der Waals surface area contributed by atoms with Crippen molar-refractivity contribution in [2.45, 2.75) is 33.1 Å². The SMILES string of the molecule is CCc1ccc(Nc2cc(NC)nc(C(C)C)n2)cc1. The van der Waals surface area contributed by atoms with Gasteiger partial charge in [0.15, 0.2) is 0 Å². The monoisotopic (exact) mass is 270 g/mol. The van der Waals surface area contributed by atoms with Gasteiger partial charge in [-0.25, -0.2) is 9.97 Å². The highest BCUT2D eigenvalue weighted by atomic mass is 15.1. The predicted molar refractivity (Wildman–Crippen MR) is 84.8 cm³/mol. The molecule has 0 saturated heterocycles. The third-order valence-electron chi connectivity index (χ3n) is 3.15. The zero-order valence-electron chi connectivity index (χ0n) is 12.6. The maximum absolute atomic E-state index is 4.56. The third kappa shape index (κ3) is 3.47. The summed E-state index contributed by atoms with van der Waals surface area (Å²) in [7, 11) is 1.87. The molecule has 0 aliphatic carbocycles. The maximum atomic E-state index is 4.56. The first-order chi connectivity index (χ1) is 9.62. The molecule has 4 nitrogen and oxygen atoms in total. The van der Waals surface area contributed by atoms with E-state index >= 15 is 0 Å². The molecular formula is C16H22N4. The van der Waals surface area contributed by atoms with Crippen LogP contribution in [0.5, 0.6) is 0 Å². The molecule has 2 N–H and O–H groups in total. The minimum absolute atomic E-state index is 0.298.